The van der Waals surface area contributed by atoms with Crippen molar-refractivity contribution in [3.8, 4) is 11.4 Å². The zero-order chi connectivity index (χ0) is 25.6. The van der Waals surface area contributed by atoms with Gasteiger partial charge in [0.15, 0.2) is 11.6 Å². The Morgan fingerprint density at radius 1 is 1.22 bits per heavy atom. The van der Waals surface area contributed by atoms with Crippen molar-refractivity contribution < 1.29 is 28.5 Å². The molecule has 1 saturated carbocycles. The van der Waals surface area contributed by atoms with E-state index in [2.05, 4.69) is 15.0 Å². The van der Waals surface area contributed by atoms with Crippen LogP contribution in [0.1, 0.15) is 53.9 Å². The molecule has 1 aliphatic heterocycles. The summed E-state index contributed by atoms with van der Waals surface area (Å²) in [5.74, 6) is -2.34. The lowest BCUT2D eigenvalue weighted by Gasteiger charge is -2.45. The molecule has 2 aliphatic rings. The monoisotopic (exact) mass is 496 g/mol. The Kier molecular flexibility index (Phi) is 6.27. The fraction of sp³-hybridized carbons (Fsp3) is 0.385. The minimum atomic E-state index is -1.37. The Hall–Kier alpha value is -3.34. The highest BCUT2D eigenvalue weighted by atomic mass is 19.1. The lowest BCUT2D eigenvalue weighted by Crippen LogP contribution is -2.56. The SMILES string of the molecule is C[C@]1(O)[C@H](O)C[C@H](c2ccncc2CC(=O)c2nc(-c3c(F)cccc3F)ncc2N)O[C@@H]1C1CC1. The number of pyridine rings is 1. The molecule has 4 N–H and O–H groups in total. The second-order valence-electron chi connectivity index (χ2n) is 9.63. The van der Waals surface area contributed by atoms with Gasteiger partial charge in [0.05, 0.1) is 35.8 Å². The first kappa shape index (κ1) is 24.4. The molecule has 4 atom stereocenters. The van der Waals surface area contributed by atoms with Crippen molar-refractivity contribution in [1.82, 2.24) is 15.0 Å². The summed E-state index contributed by atoms with van der Waals surface area (Å²) in [5.41, 5.74) is 5.14. The number of carbonyl (C=O) groups is 1. The summed E-state index contributed by atoms with van der Waals surface area (Å²) in [4.78, 5) is 25.4. The number of benzene rings is 1. The molecule has 3 aromatic rings. The van der Waals surface area contributed by atoms with Crippen LogP contribution in [0.15, 0.2) is 42.9 Å². The van der Waals surface area contributed by atoms with Crippen molar-refractivity contribution in [3.05, 3.63) is 71.3 Å². The number of ether oxygens (including phenoxy) is 1. The van der Waals surface area contributed by atoms with Crippen LogP contribution in [0.5, 0.6) is 0 Å². The van der Waals surface area contributed by atoms with Gasteiger partial charge in [-0.05, 0) is 55.0 Å². The fourth-order valence-electron chi connectivity index (χ4n) is 4.79. The van der Waals surface area contributed by atoms with E-state index in [1.54, 1.807) is 19.2 Å². The van der Waals surface area contributed by atoms with E-state index in [-0.39, 0.29) is 36.0 Å². The first-order valence-corrected chi connectivity index (χ1v) is 11.8. The summed E-state index contributed by atoms with van der Waals surface area (Å²) in [5, 5.41) is 21.5. The van der Waals surface area contributed by atoms with Gasteiger partial charge in [-0.25, -0.2) is 18.7 Å². The maximum absolute atomic E-state index is 14.3. The molecule has 0 amide bonds. The minimum Gasteiger partial charge on any atom is -0.396 e. The van der Waals surface area contributed by atoms with Crippen LogP contribution in [0, 0.1) is 17.6 Å². The van der Waals surface area contributed by atoms with Crippen LogP contribution >= 0.6 is 0 Å². The highest BCUT2D eigenvalue weighted by Gasteiger charge is 2.52. The van der Waals surface area contributed by atoms with E-state index in [1.165, 1.54) is 12.3 Å². The number of ketones is 1. The van der Waals surface area contributed by atoms with Gasteiger partial charge in [0.2, 0.25) is 0 Å². The fourth-order valence-corrected chi connectivity index (χ4v) is 4.79. The molecule has 0 radical (unpaired) electrons. The molecule has 10 heteroatoms. The summed E-state index contributed by atoms with van der Waals surface area (Å²) >= 11 is 0. The average Bonchev–Trinajstić information content (AvgIpc) is 3.67. The summed E-state index contributed by atoms with van der Waals surface area (Å²) in [6, 6.07) is 5.09. The number of aromatic nitrogens is 3. The second kappa shape index (κ2) is 9.27. The van der Waals surface area contributed by atoms with Crippen molar-refractivity contribution >= 4 is 11.5 Å². The van der Waals surface area contributed by atoms with E-state index in [9.17, 15) is 23.8 Å². The van der Waals surface area contributed by atoms with Gasteiger partial charge in [0.1, 0.15) is 22.9 Å². The summed E-state index contributed by atoms with van der Waals surface area (Å²) in [7, 11) is 0. The van der Waals surface area contributed by atoms with E-state index in [1.807, 2.05) is 0 Å². The first-order chi connectivity index (χ1) is 17.2. The molecule has 5 rings (SSSR count). The number of hydrogen-bond donors (Lipinski definition) is 3. The number of nitrogens with two attached hydrogens (primary N) is 1. The first-order valence-electron chi connectivity index (χ1n) is 11.8. The summed E-state index contributed by atoms with van der Waals surface area (Å²) in [6.07, 6.45) is 3.97. The van der Waals surface area contributed by atoms with Gasteiger partial charge < -0.3 is 20.7 Å². The lowest BCUT2D eigenvalue weighted by molar-refractivity contribution is -0.227. The number of aliphatic hydroxyl groups is 2. The Morgan fingerprint density at radius 2 is 1.94 bits per heavy atom. The van der Waals surface area contributed by atoms with Gasteiger partial charge in [-0.1, -0.05) is 6.07 Å². The van der Waals surface area contributed by atoms with Crippen LogP contribution in [0.4, 0.5) is 14.5 Å². The van der Waals surface area contributed by atoms with Gasteiger partial charge in [-0.2, -0.15) is 0 Å². The number of nitrogen functional groups attached to an aromatic ring is 1. The number of halogens is 2. The van der Waals surface area contributed by atoms with Gasteiger partial charge in [-0.15, -0.1) is 0 Å². The third kappa shape index (κ3) is 4.47. The molecule has 2 aromatic heterocycles. The van der Waals surface area contributed by atoms with E-state index >= 15 is 0 Å². The predicted molar refractivity (Wildman–Crippen MR) is 126 cm³/mol. The molecule has 188 valence electrons. The van der Waals surface area contributed by atoms with Crippen molar-refractivity contribution in [2.24, 2.45) is 5.92 Å². The van der Waals surface area contributed by atoms with E-state index in [0.29, 0.717) is 11.1 Å². The summed E-state index contributed by atoms with van der Waals surface area (Å²) < 4.78 is 34.8. The lowest BCUT2D eigenvalue weighted by atomic mass is 9.81. The zero-order valence-corrected chi connectivity index (χ0v) is 19.6. The summed E-state index contributed by atoms with van der Waals surface area (Å²) in [6.45, 7) is 1.59. The van der Waals surface area contributed by atoms with Crippen LogP contribution in [0.3, 0.4) is 0 Å². The highest BCUT2D eigenvalue weighted by molar-refractivity contribution is 6.00. The van der Waals surface area contributed by atoms with E-state index in [4.69, 9.17) is 10.5 Å². The highest BCUT2D eigenvalue weighted by Crippen LogP contribution is 2.47. The van der Waals surface area contributed by atoms with Crippen molar-refractivity contribution in [3.63, 3.8) is 0 Å². The number of nitrogens with zero attached hydrogens (tertiary/aromatic N) is 3. The Bertz CT molecular complexity index is 1290. The second-order valence-corrected chi connectivity index (χ2v) is 9.63. The smallest absolute Gasteiger partial charge is 0.187 e. The van der Waals surface area contributed by atoms with Gasteiger partial charge in [-0.3, -0.25) is 9.78 Å². The van der Waals surface area contributed by atoms with Crippen molar-refractivity contribution in [2.45, 2.75) is 56.5 Å². The topological polar surface area (TPSA) is 131 Å². The number of aliphatic hydroxyl groups excluding tert-OH is 1. The van der Waals surface area contributed by atoms with Gasteiger partial charge >= 0.3 is 0 Å². The number of rotatable bonds is 6. The molecular weight excluding hydrogens is 470 g/mol. The molecule has 2 fully saturated rings. The molecule has 0 bridgehead atoms. The molecule has 8 nitrogen and oxygen atoms in total. The van der Waals surface area contributed by atoms with Crippen molar-refractivity contribution in [1.29, 1.82) is 0 Å². The standard InChI is InChI=1S/C26H26F2N4O4/c1-26(35)21(34)10-20(36-24(26)13-5-6-13)15-7-8-30-11-14(15)9-19(33)23-18(29)12-31-25(32-23)22-16(27)3-2-4-17(22)28/h2-4,7-8,11-13,20-21,24,34-35H,5-6,9-10,29H2,1H3/t20-,21-,24-,26+/m1/s1. The Labute approximate surface area is 206 Å². The molecule has 1 aliphatic carbocycles. The average molecular weight is 497 g/mol. The molecule has 3 heterocycles. The molecule has 1 saturated heterocycles. The normalized spacial score (nSPS) is 26.1. The Morgan fingerprint density at radius 3 is 2.64 bits per heavy atom. The van der Waals surface area contributed by atoms with Crippen molar-refractivity contribution in [2.75, 3.05) is 5.73 Å². The molecule has 1 aromatic carbocycles. The predicted octanol–water partition coefficient (Wildman–Crippen LogP) is 3.18. The number of hydrogen-bond acceptors (Lipinski definition) is 8. The van der Waals surface area contributed by atoms with Crippen LogP contribution in [-0.4, -0.2) is 48.8 Å². The van der Waals surface area contributed by atoms with Crippen LogP contribution < -0.4 is 5.73 Å². The minimum absolute atomic E-state index is 0.0277. The third-order valence-corrected chi connectivity index (χ3v) is 6.96. The maximum atomic E-state index is 14.3. The molecule has 0 spiro atoms. The van der Waals surface area contributed by atoms with E-state index < -0.39 is 46.9 Å². The zero-order valence-electron chi connectivity index (χ0n) is 19.6. The van der Waals surface area contributed by atoms with Crippen LogP contribution in [0.25, 0.3) is 11.4 Å². The molecule has 0 unspecified atom stereocenters. The maximum Gasteiger partial charge on any atom is 0.187 e. The Balaban J connectivity index is 1.43. The number of anilines is 1. The quantitative estimate of drug-likeness (QED) is 0.444. The van der Waals surface area contributed by atoms with Gasteiger partial charge in [0.25, 0.3) is 0 Å². The third-order valence-electron chi connectivity index (χ3n) is 6.96. The largest absolute Gasteiger partial charge is 0.396 e. The number of carbonyl (C=O) groups excluding carboxylic acids is 1. The molecular formula is C26H26F2N4O4. The van der Waals surface area contributed by atoms with Gasteiger partial charge in [0, 0.05) is 25.2 Å². The van der Waals surface area contributed by atoms with Crippen LogP contribution in [0.2, 0.25) is 0 Å². The van der Waals surface area contributed by atoms with E-state index in [0.717, 1.165) is 31.2 Å². The van der Waals surface area contributed by atoms with Crippen LogP contribution in [-0.2, 0) is 11.2 Å². The number of Topliss-reactive ketones (excluding diaryl/α,β-unsaturated/α-hetero) is 1. The molecule has 36 heavy (non-hydrogen) atoms.